The van der Waals surface area contributed by atoms with E-state index in [0.29, 0.717) is 19.5 Å². The van der Waals surface area contributed by atoms with Gasteiger partial charge in [0.15, 0.2) is 23.0 Å². The highest BCUT2D eigenvalue weighted by molar-refractivity contribution is 5.77. The molecule has 2 aromatic rings. The number of esters is 6. The third-order valence-electron chi connectivity index (χ3n) is 13.6. The Morgan fingerprint density at radius 2 is 0.778 bits per heavy atom. The van der Waals surface area contributed by atoms with Crippen molar-refractivity contribution in [2.45, 2.75) is 173 Å². The second-order valence-corrected chi connectivity index (χ2v) is 17.7. The first kappa shape index (κ1) is 51.8. The van der Waals surface area contributed by atoms with Gasteiger partial charge in [0, 0.05) is 101 Å². The predicted octanol–water partition coefficient (Wildman–Crippen LogP) is 1.19. The van der Waals surface area contributed by atoms with Crippen LogP contribution in [0.3, 0.4) is 0 Å². The Labute approximate surface area is 392 Å². The largest absolute Gasteiger partial charge is 1.00 e. The molecular formula is C47H64Br2N2O12. The number of carbonyl (C=O) groups excluding carboxylic acids is 6. The lowest BCUT2D eigenvalue weighted by Gasteiger charge is -2.47. The van der Waals surface area contributed by atoms with Crippen LogP contribution in [0.5, 0.6) is 23.0 Å². The number of nitrogens with zero attached hydrogens (tertiary/aromatic N) is 2. The Morgan fingerprint density at radius 1 is 0.476 bits per heavy atom. The number of fused-ring (bicyclic) bond motifs is 4. The van der Waals surface area contributed by atoms with Crippen molar-refractivity contribution in [1.29, 1.82) is 0 Å². The van der Waals surface area contributed by atoms with Crippen LogP contribution in [0.1, 0.15) is 135 Å². The summed E-state index contributed by atoms with van der Waals surface area (Å²) in [7, 11) is 4.48. The van der Waals surface area contributed by atoms with E-state index in [2.05, 4.69) is 14.1 Å². The summed E-state index contributed by atoms with van der Waals surface area (Å²) in [6.45, 7) is 8.23. The summed E-state index contributed by atoms with van der Waals surface area (Å²) in [4.78, 5) is 74.4. The molecule has 0 amide bonds. The first-order chi connectivity index (χ1) is 29.2. The summed E-state index contributed by atoms with van der Waals surface area (Å²) in [5.74, 6) is -1.27. The van der Waals surface area contributed by atoms with Gasteiger partial charge in [-0.2, -0.15) is 0 Å². The van der Waals surface area contributed by atoms with E-state index in [1.807, 2.05) is 12.1 Å². The SMILES string of the molecule is CCC(=O)Oc1ccc(C[N+]2(C)C3CCC2CC(OC(=O)CCCC(=O)OC2CC4CCC(C2)[N+]4(C)Cc2ccc(OC(=O)CC)c(OC(=O)CC)c2)C3)cc1OC(=O)CC.[Br-].[Br-]. The number of benzene rings is 2. The van der Waals surface area contributed by atoms with Gasteiger partial charge in [-0.15, -0.1) is 0 Å². The van der Waals surface area contributed by atoms with E-state index in [4.69, 9.17) is 28.4 Å². The smallest absolute Gasteiger partial charge is 0.311 e. The number of ether oxygens (including phenoxy) is 6. The fourth-order valence-electron chi connectivity index (χ4n) is 10.2. The van der Waals surface area contributed by atoms with Gasteiger partial charge in [-0.1, -0.05) is 27.7 Å². The summed E-state index contributed by atoms with van der Waals surface area (Å²) in [6, 6.07) is 12.0. The van der Waals surface area contributed by atoms with Crippen LogP contribution in [-0.4, -0.2) is 95.3 Å². The Hall–Kier alpha value is -3.86. The van der Waals surface area contributed by atoms with E-state index in [1.165, 1.54) is 0 Å². The summed E-state index contributed by atoms with van der Waals surface area (Å²) in [5, 5.41) is 0. The number of halogens is 2. The molecule has 4 heterocycles. The minimum absolute atomic E-state index is 0. The van der Waals surface area contributed by atoms with Gasteiger partial charge in [0.1, 0.15) is 25.3 Å². The molecule has 348 valence electrons. The van der Waals surface area contributed by atoms with E-state index < -0.39 is 23.9 Å². The zero-order valence-corrected chi connectivity index (χ0v) is 40.7. The van der Waals surface area contributed by atoms with E-state index in [-0.39, 0.29) is 144 Å². The van der Waals surface area contributed by atoms with Crippen LogP contribution in [0, 0.1) is 0 Å². The van der Waals surface area contributed by atoms with Crippen molar-refractivity contribution in [3.63, 3.8) is 0 Å². The van der Waals surface area contributed by atoms with Crippen molar-refractivity contribution in [1.82, 2.24) is 0 Å². The molecule has 14 nitrogen and oxygen atoms in total. The zero-order chi connectivity index (χ0) is 43.9. The molecular weight excluding hydrogens is 944 g/mol. The van der Waals surface area contributed by atoms with Crippen molar-refractivity contribution in [2.75, 3.05) is 14.1 Å². The molecule has 0 spiro atoms. The number of rotatable bonds is 18. The van der Waals surface area contributed by atoms with Crippen LogP contribution in [0.15, 0.2) is 36.4 Å². The molecule has 0 aliphatic carbocycles. The molecule has 16 heteroatoms. The van der Waals surface area contributed by atoms with E-state index in [9.17, 15) is 28.8 Å². The number of quaternary nitrogens is 2. The highest BCUT2D eigenvalue weighted by Crippen LogP contribution is 2.46. The standard InChI is InChI=1S/C47H64N2O12.2BrH/c1-7-42(50)58-38-20-14-30(22-40(38)60-44(52)9-3)28-48(5)32-16-17-33(48)25-36(24-32)56-46(54)12-11-13-47(55)57-37-26-34-18-19-35(27-37)49(34,6)29-31-15-21-39(59-43(51)8-2)41(23-31)61-45(53)10-4;;/h14-15,20-23,32-37H,7-13,16-19,24-29H2,1-6H3;2*1H/q+2;;/p-2. The van der Waals surface area contributed by atoms with Gasteiger partial charge in [0.2, 0.25) is 0 Å². The lowest BCUT2D eigenvalue weighted by atomic mass is 9.95. The monoisotopic (exact) mass is 1010 g/mol. The molecule has 2 aromatic carbocycles. The molecule has 0 aromatic heterocycles. The molecule has 4 atom stereocenters. The number of hydrogen-bond donors (Lipinski definition) is 0. The maximum absolute atomic E-state index is 13.0. The normalized spacial score (nSPS) is 26.6. The molecule has 4 unspecified atom stereocenters. The summed E-state index contributed by atoms with van der Waals surface area (Å²) in [6.07, 6.45) is 8.18. The molecule has 63 heavy (non-hydrogen) atoms. The maximum atomic E-state index is 13.0. The topological polar surface area (TPSA) is 158 Å². The number of hydrogen-bond acceptors (Lipinski definition) is 12. The summed E-state index contributed by atoms with van der Waals surface area (Å²) >= 11 is 0. The third kappa shape index (κ3) is 12.7. The van der Waals surface area contributed by atoms with Gasteiger partial charge in [-0.25, -0.2) is 0 Å². The molecule has 4 aliphatic rings. The van der Waals surface area contributed by atoms with Crippen molar-refractivity contribution in [2.24, 2.45) is 0 Å². The molecule has 0 radical (unpaired) electrons. The Kier molecular flexibility index (Phi) is 18.8. The predicted molar refractivity (Wildman–Crippen MR) is 222 cm³/mol. The summed E-state index contributed by atoms with van der Waals surface area (Å²) < 4.78 is 35.5. The van der Waals surface area contributed by atoms with Gasteiger partial charge >= 0.3 is 35.8 Å². The van der Waals surface area contributed by atoms with Gasteiger partial charge in [0.05, 0.1) is 38.3 Å². The average molecular weight is 1010 g/mol. The van der Waals surface area contributed by atoms with Gasteiger partial charge < -0.3 is 71.4 Å². The molecule has 4 aliphatic heterocycles. The maximum Gasteiger partial charge on any atom is 0.311 e. The van der Waals surface area contributed by atoms with Gasteiger partial charge in [-0.3, -0.25) is 28.8 Å². The van der Waals surface area contributed by atoms with Gasteiger partial charge in [-0.05, 0) is 42.8 Å². The fraction of sp³-hybridized carbons (Fsp3) is 0.617. The Balaban J connectivity index is 0.00000436. The van der Waals surface area contributed by atoms with Crippen LogP contribution in [0.4, 0.5) is 0 Å². The third-order valence-corrected chi connectivity index (χ3v) is 13.6. The first-order valence-corrected chi connectivity index (χ1v) is 22.3. The Bertz CT molecular complexity index is 1810. The molecule has 0 N–H and O–H groups in total. The van der Waals surface area contributed by atoms with E-state index in [0.717, 1.165) is 71.5 Å². The van der Waals surface area contributed by atoms with Crippen LogP contribution < -0.4 is 52.9 Å². The zero-order valence-electron chi connectivity index (χ0n) is 37.5. The van der Waals surface area contributed by atoms with Crippen LogP contribution in [0.25, 0.3) is 0 Å². The highest BCUT2D eigenvalue weighted by Gasteiger charge is 2.53. The molecule has 6 rings (SSSR count). The quantitative estimate of drug-likeness (QED) is 0.120. The number of piperidine rings is 2. The minimum atomic E-state index is -0.408. The average Bonchev–Trinajstić information content (AvgIpc) is 3.45. The lowest BCUT2D eigenvalue weighted by Crippen LogP contribution is -3.00. The molecule has 4 saturated heterocycles. The first-order valence-electron chi connectivity index (χ1n) is 22.3. The van der Waals surface area contributed by atoms with Crippen molar-refractivity contribution in [3.05, 3.63) is 47.5 Å². The summed E-state index contributed by atoms with van der Waals surface area (Å²) in [5.41, 5.74) is 1.94. The lowest BCUT2D eigenvalue weighted by molar-refractivity contribution is -0.961. The highest BCUT2D eigenvalue weighted by atomic mass is 79.9. The van der Waals surface area contributed by atoms with Crippen LogP contribution >= 0.6 is 0 Å². The van der Waals surface area contributed by atoms with Crippen LogP contribution in [-0.2, 0) is 51.3 Å². The van der Waals surface area contributed by atoms with Crippen LogP contribution in [0.2, 0.25) is 0 Å². The Morgan fingerprint density at radius 3 is 1.08 bits per heavy atom. The fourth-order valence-corrected chi connectivity index (χ4v) is 10.2. The molecule has 4 fully saturated rings. The molecule has 4 bridgehead atoms. The van der Waals surface area contributed by atoms with Crippen molar-refractivity contribution < 1.29 is 100 Å². The van der Waals surface area contributed by atoms with Gasteiger partial charge in [0.25, 0.3) is 0 Å². The van der Waals surface area contributed by atoms with Crippen molar-refractivity contribution in [3.8, 4) is 23.0 Å². The molecule has 0 saturated carbocycles. The minimum Gasteiger partial charge on any atom is -1.00 e. The van der Waals surface area contributed by atoms with Crippen molar-refractivity contribution >= 4 is 35.8 Å². The second-order valence-electron chi connectivity index (χ2n) is 17.7. The second kappa shape index (κ2) is 22.9. The van der Waals surface area contributed by atoms with E-state index >= 15 is 0 Å². The van der Waals surface area contributed by atoms with E-state index in [1.54, 1.807) is 52.0 Å². The number of carbonyl (C=O) groups is 6.